The number of hydrogen-bond donors (Lipinski definition) is 4. The molecule has 63 heavy (non-hydrogen) atoms. The summed E-state index contributed by atoms with van der Waals surface area (Å²) in [4.78, 5) is 58.4. The molecule has 5 aliphatic rings. The van der Waals surface area contributed by atoms with E-state index in [2.05, 4.69) is 49.4 Å². The number of aliphatic hydroxyl groups is 1. The van der Waals surface area contributed by atoms with Crippen LogP contribution in [0.5, 0.6) is 0 Å². The average molecular weight is 858 g/mol. The van der Waals surface area contributed by atoms with Gasteiger partial charge < -0.3 is 30.3 Å². The highest BCUT2D eigenvalue weighted by atomic mass is 19.1. The molecule has 1 unspecified atom stereocenters. The van der Waals surface area contributed by atoms with Gasteiger partial charge >= 0.3 is 0 Å². The zero-order chi connectivity index (χ0) is 43.5. The second-order valence-corrected chi connectivity index (χ2v) is 17.5. The van der Waals surface area contributed by atoms with E-state index in [-0.39, 0.29) is 41.8 Å². The van der Waals surface area contributed by atoms with Gasteiger partial charge in [-0.1, -0.05) is 19.1 Å². The van der Waals surface area contributed by atoms with E-state index in [1.54, 1.807) is 33.8 Å². The number of morpholine rings is 1. The first kappa shape index (κ1) is 40.9. The Morgan fingerprint density at radius 2 is 1.76 bits per heavy atom. The van der Waals surface area contributed by atoms with Crippen molar-refractivity contribution in [2.75, 3.05) is 66.3 Å². The van der Waals surface area contributed by atoms with E-state index in [1.807, 2.05) is 36.1 Å². The lowest BCUT2D eigenvalue weighted by molar-refractivity contribution is -0.134. The van der Waals surface area contributed by atoms with Crippen molar-refractivity contribution in [3.8, 4) is 5.82 Å². The van der Waals surface area contributed by atoms with Gasteiger partial charge in [0.15, 0.2) is 11.5 Å². The average Bonchev–Trinajstić information content (AvgIpc) is 3.76. The molecule has 0 saturated carbocycles. The molecule has 17 heteroatoms. The molecule has 2 amide bonds. The third kappa shape index (κ3) is 7.61. The predicted octanol–water partition coefficient (Wildman–Crippen LogP) is 4.37. The van der Waals surface area contributed by atoms with Crippen molar-refractivity contribution in [3.63, 3.8) is 0 Å². The Morgan fingerprint density at radius 3 is 2.51 bits per heavy atom. The molecule has 0 radical (unpaired) electrons. The summed E-state index contributed by atoms with van der Waals surface area (Å²) < 4.78 is 24.9. The summed E-state index contributed by atoms with van der Waals surface area (Å²) >= 11 is 0. The molecule has 10 rings (SSSR count). The largest absolute Gasteiger partial charge is 0.384 e. The van der Waals surface area contributed by atoms with Crippen molar-refractivity contribution in [3.05, 3.63) is 101 Å². The van der Waals surface area contributed by atoms with Crippen LogP contribution in [0.4, 0.5) is 33.1 Å². The van der Waals surface area contributed by atoms with E-state index in [1.165, 1.54) is 6.07 Å². The van der Waals surface area contributed by atoms with E-state index >= 15 is 4.39 Å². The number of amides is 2. The van der Waals surface area contributed by atoms with Crippen LogP contribution < -0.4 is 31.3 Å². The zero-order valence-electron chi connectivity index (χ0n) is 35.4. The van der Waals surface area contributed by atoms with Gasteiger partial charge in [0.2, 0.25) is 17.8 Å². The number of aryl methyl sites for hydroxylation is 1. The van der Waals surface area contributed by atoms with Crippen LogP contribution >= 0.6 is 0 Å². The number of aromatic nitrogens is 5. The number of nitrogens with zero attached hydrogens (tertiary/aromatic N) is 8. The minimum Gasteiger partial charge on any atom is -0.384 e. The van der Waals surface area contributed by atoms with Crippen LogP contribution in [0, 0.1) is 5.82 Å². The maximum absolute atomic E-state index is 15.3. The van der Waals surface area contributed by atoms with Crippen molar-refractivity contribution in [2.24, 2.45) is 0 Å². The van der Waals surface area contributed by atoms with Gasteiger partial charge in [-0.2, -0.15) is 4.98 Å². The molecule has 4 aliphatic heterocycles. The van der Waals surface area contributed by atoms with E-state index in [4.69, 9.17) is 14.7 Å². The Kier molecular flexibility index (Phi) is 10.5. The minimum absolute atomic E-state index is 0.245. The zero-order valence-corrected chi connectivity index (χ0v) is 35.4. The number of piperidine rings is 2. The van der Waals surface area contributed by atoms with Gasteiger partial charge in [0.05, 0.1) is 37.6 Å². The first-order valence-corrected chi connectivity index (χ1v) is 22.0. The first-order chi connectivity index (χ1) is 30.5. The van der Waals surface area contributed by atoms with E-state index in [0.717, 1.165) is 62.4 Å². The fraction of sp³-hybridized carbons (Fsp3) is 0.435. The molecule has 3 aromatic heterocycles. The summed E-state index contributed by atoms with van der Waals surface area (Å²) in [7, 11) is 0. The smallest absolute Gasteiger partial charge is 0.278 e. The number of pyridine rings is 1. The van der Waals surface area contributed by atoms with Crippen LogP contribution in [0.3, 0.4) is 0 Å². The van der Waals surface area contributed by atoms with Gasteiger partial charge in [0.25, 0.3) is 5.56 Å². The third-order valence-corrected chi connectivity index (χ3v) is 13.6. The van der Waals surface area contributed by atoms with Gasteiger partial charge in [0, 0.05) is 61.9 Å². The molecule has 4 N–H and O–H groups in total. The lowest BCUT2D eigenvalue weighted by Crippen LogP contribution is -2.71. The lowest BCUT2D eigenvalue weighted by atomic mass is 9.89. The van der Waals surface area contributed by atoms with Gasteiger partial charge in [-0.05, 0) is 92.6 Å². The van der Waals surface area contributed by atoms with Crippen molar-refractivity contribution < 1.29 is 23.8 Å². The molecule has 5 aromatic rings. The monoisotopic (exact) mass is 857 g/mol. The van der Waals surface area contributed by atoms with Crippen LogP contribution in [0.2, 0.25) is 0 Å². The van der Waals surface area contributed by atoms with Crippen molar-refractivity contribution >= 4 is 51.5 Å². The predicted molar refractivity (Wildman–Crippen MR) is 237 cm³/mol. The quantitative estimate of drug-likeness (QED) is 0.109. The summed E-state index contributed by atoms with van der Waals surface area (Å²) in [5, 5.41) is 20.3. The van der Waals surface area contributed by atoms with Crippen molar-refractivity contribution in [1.82, 2.24) is 34.5 Å². The highest BCUT2D eigenvalue weighted by molar-refractivity contribution is 6.01. The number of hydrogen-bond acceptors (Lipinski definition) is 13. The fourth-order valence-electron chi connectivity index (χ4n) is 10.1. The van der Waals surface area contributed by atoms with Crippen LogP contribution in [0.15, 0.2) is 78.2 Å². The van der Waals surface area contributed by atoms with Gasteiger partial charge in [-0.3, -0.25) is 24.6 Å². The highest BCUT2D eigenvalue weighted by Gasteiger charge is 2.49. The number of halogens is 1. The van der Waals surface area contributed by atoms with Gasteiger partial charge in [-0.25, -0.2) is 23.7 Å². The normalized spacial score (nSPS) is 22.6. The highest BCUT2D eigenvalue weighted by Crippen LogP contribution is 2.39. The van der Waals surface area contributed by atoms with Crippen LogP contribution in [-0.4, -0.2) is 110 Å². The molecule has 16 nitrogen and oxygen atoms in total. The molecule has 4 fully saturated rings. The molecule has 1 aliphatic carbocycles. The Bertz CT molecular complexity index is 2650. The number of ether oxygens (including phenoxy) is 1. The summed E-state index contributed by atoms with van der Waals surface area (Å²) in [6.07, 6.45) is 7.78. The molecule has 328 valence electrons. The maximum Gasteiger partial charge on any atom is 0.278 e. The minimum atomic E-state index is -1.00. The lowest BCUT2D eigenvalue weighted by Gasteiger charge is -2.56. The molecule has 7 heterocycles. The number of nitrogens with one attached hydrogen (secondary N) is 3. The summed E-state index contributed by atoms with van der Waals surface area (Å²) in [6, 6.07) is 16.9. The van der Waals surface area contributed by atoms with Gasteiger partial charge in [0.1, 0.15) is 28.4 Å². The Morgan fingerprint density at radius 1 is 0.968 bits per heavy atom. The Balaban J connectivity index is 0.754. The SMILES string of the molecule is C=CCn1c(=O)c2cnc(Nc3ccc(N4CCC(N5CCOC6(CN(c7ccc(NC8CCC(=O)NC8=O)cc7F)C6)C5)CC4)cc3)nc2n1-c1ccc2c(n1)[C@@](O)(CC)CC2. The molecular weight excluding hydrogens is 806 g/mol. The van der Waals surface area contributed by atoms with Crippen molar-refractivity contribution in [2.45, 2.75) is 81.7 Å². The number of fused-ring (bicyclic) bond motifs is 2. The Hall–Kier alpha value is -6.17. The molecule has 2 atom stereocenters. The van der Waals surface area contributed by atoms with E-state index < -0.39 is 11.6 Å². The standard InChI is InChI=1S/C46H52FN11O5/c1-3-19-57-43(61)34-25-48-44(53-41(34)58(57)38-13-5-29-15-18-46(62,4-2)40(29)51-38)50-30-6-9-32(10-7-30)54-20-16-33(17-21-54)55-22-23-63-45(26-55)27-56(28-45)37-12-8-31(24-35(37)47)49-36-11-14-39(59)52-42(36)60/h3,5-10,12-13,24-25,33,36,49,62H,1,4,11,14-23,26-28H2,2H3,(H,48,50,53)(H,52,59,60)/t36?,46-/m1/s1. The number of anilines is 5. The van der Waals surface area contributed by atoms with Gasteiger partial charge in [-0.15, -0.1) is 6.58 Å². The van der Waals surface area contributed by atoms with Crippen LogP contribution in [-0.2, 0) is 32.9 Å². The number of benzene rings is 2. The summed E-state index contributed by atoms with van der Waals surface area (Å²) in [6.45, 7) is 11.4. The summed E-state index contributed by atoms with van der Waals surface area (Å²) in [5.74, 6) is -0.202. The third-order valence-electron chi connectivity index (χ3n) is 13.6. The fourth-order valence-corrected chi connectivity index (χ4v) is 10.1. The second kappa shape index (κ2) is 16.2. The maximum atomic E-state index is 15.3. The number of imide groups is 1. The van der Waals surface area contributed by atoms with Crippen LogP contribution in [0.25, 0.3) is 16.9 Å². The Labute approximate surface area is 363 Å². The molecule has 2 aromatic carbocycles. The van der Waals surface area contributed by atoms with E-state index in [9.17, 15) is 19.5 Å². The van der Waals surface area contributed by atoms with E-state index in [0.29, 0.717) is 84.9 Å². The molecular formula is C46H52FN11O5. The second-order valence-electron chi connectivity index (χ2n) is 17.5. The molecule has 0 bridgehead atoms. The topological polar surface area (TPSA) is 175 Å². The molecule has 4 saturated heterocycles. The first-order valence-electron chi connectivity index (χ1n) is 22.0. The summed E-state index contributed by atoms with van der Waals surface area (Å²) in [5.41, 5.74) is 3.44. The molecule has 1 spiro atoms. The number of allylic oxidation sites excluding steroid dienone is 1. The number of carbonyl (C=O) groups excluding carboxylic acids is 2. The number of carbonyl (C=O) groups is 2. The number of rotatable bonds is 11. The van der Waals surface area contributed by atoms with Crippen LogP contribution in [0.1, 0.15) is 56.7 Å². The van der Waals surface area contributed by atoms with Crippen molar-refractivity contribution in [1.29, 1.82) is 0 Å².